The fourth-order valence-corrected chi connectivity index (χ4v) is 5.04. The summed E-state index contributed by atoms with van der Waals surface area (Å²) in [7, 11) is 2.03. The van der Waals surface area contributed by atoms with Crippen LogP contribution >= 0.6 is 15.9 Å². The van der Waals surface area contributed by atoms with Gasteiger partial charge in [-0.2, -0.15) is 0 Å². The molecule has 0 bridgehead atoms. The Morgan fingerprint density at radius 2 is 1.81 bits per heavy atom. The maximum atomic E-state index is 13.1. The van der Waals surface area contributed by atoms with Gasteiger partial charge in [-0.3, -0.25) is 9.59 Å². The zero-order valence-corrected chi connectivity index (χ0v) is 23.8. The monoisotopic (exact) mass is 560 g/mol. The lowest BCUT2D eigenvalue weighted by Crippen LogP contribution is -2.47. The van der Waals surface area contributed by atoms with Crippen molar-refractivity contribution >= 4 is 33.6 Å². The number of rotatable bonds is 5. The molecule has 2 heterocycles. The molecule has 1 saturated heterocycles. The summed E-state index contributed by atoms with van der Waals surface area (Å²) in [6, 6.07) is 5.94. The molecule has 1 aromatic carbocycles. The molecular formula is C27H37BrN4O4. The Morgan fingerprint density at radius 1 is 1.17 bits per heavy atom. The van der Waals surface area contributed by atoms with Gasteiger partial charge in [-0.15, -0.1) is 0 Å². The van der Waals surface area contributed by atoms with Gasteiger partial charge < -0.3 is 24.8 Å². The zero-order chi connectivity index (χ0) is 26.8. The van der Waals surface area contributed by atoms with E-state index in [2.05, 4.69) is 31.1 Å². The van der Waals surface area contributed by atoms with Crippen LogP contribution in [-0.2, 0) is 11.3 Å². The molecule has 36 heavy (non-hydrogen) atoms. The number of aromatic amines is 1. The Bertz CT molecular complexity index is 1190. The number of carbonyl (C=O) groups excluding carboxylic acids is 2. The van der Waals surface area contributed by atoms with E-state index >= 15 is 0 Å². The third-order valence-electron chi connectivity index (χ3n) is 6.55. The molecule has 1 aliphatic heterocycles. The lowest BCUT2D eigenvalue weighted by atomic mass is 10.00. The van der Waals surface area contributed by atoms with E-state index in [4.69, 9.17) is 4.74 Å². The predicted octanol–water partition coefficient (Wildman–Crippen LogP) is 4.83. The number of piperidine rings is 1. The first-order chi connectivity index (χ1) is 16.8. The summed E-state index contributed by atoms with van der Waals surface area (Å²) in [6.45, 7) is 12.6. The molecule has 0 unspecified atom stereocenters. The van der Waals surface area contributed by atoms with Gasteiger partial charge in [0.2, 0.25) is 0 Å². The topological polar surface area (TPSA) is 94.7 Å². The van der Waals surface area contributed by atoms with Crippen molar-refractivity contribution in [2.45, 2.75) is 72.6 Å². The van der Waals surface area contributed by atoms with Crippen molar-refractivity contribution in [3.05, 3.63) is 61.0 Å². The van der Waals surface area contributed by atoms with Gasteiger partial charge in [0.25, 0.3) is 11.5 Å². The lowest BCUT2D eigenvalue weighted by molar-refractivity contribution is 0.0205. The highest BCUT2D eigenvalue weighted by Gasteiger charge is 2.29. The molecule has 1 aromatic heterocycles. The molecule has 0 radical (unpaired) electrons. The fourth-order valence-electron chi connectivity index (χ4n) is 4.59. The number of nitrogens with one attached hydrogen (secondary N) is 2. The summed E-state index contributed by atoms with van der Waals surface area (Å²) in [5, 5.41) is 2.91. The number of anilines is 1. The second kappa shape index (κ2) is 11.1. The maximum Gasteiger partial charge on any atom is 0.410 e. The maximum absolute atomic E-state index is 13.1. The standard InChI is InChI=1S/C27H37BrN4O4/c1-16-12-17(2)30-25(34)22(16)15-29-24(33)21-13-19(28)14-23(18(21)3)31(7)20-8-10-32(11-9-20)26(35)36-27(4,5)6/h12-14,20H,8-11,15H2,1-7H3,(H,29,33)(H,30,34). The number of hydrogen-bond acceptors (Lipinski definition) is 5. The Labute approximate surface area is 221 Å². The molecule has 9 heteroatoms. The molecular weight excluding hydrogens is 524 g/mol. The van der Waals surface area contributed by atoms with E-state index < -0.39 is 5.60 Å². The second-order valence-electron chi connectivity index (χ2n) is 10.5. The second-order valence-corrected chi connectivity index (χ2v) is 11.4. The van der Waals surface area contributed by atoms with Crippen LogP contribution in [0.2, 0.25) is 0 Å². The number of aromatic nitrogens is 1. The van der Waals surface area contributed by atoms with E-state index in [1.165, 1.54) is 0 Å². The Hall–Kier alpha value is -2.81. The highest BCUT2D eigenvalue weighted by Crippen LogP contribution is 2.31. The smallest absolute Gasteiger partial charge is 0.410 e. The lowest BCUT2D eigenvalue weighted by Gasteiger charge is -2.39. The molecule has 2 amide bonds. The SMILES string of the molecule is Cc1cc(C)c(CNC(=O)c2cc(Br)cc(N(C)C3CCN(C(=O)OC(C)(C)C)CC3)c2C)c(=O)[nH]1. The molecule has 1 aliphatic rings. The molecule has 196 valence electrons. The normalized spacial score (nSPS) is 14.5. The van der Waals surface area contributed by atoms with Crippen LogP contribution in [0.25, 0.3) is 0 Å². The third-order valence-corrected chi connectivity index (χ3v) is 7.01. The highest BCUT2D eigenvalue weighted by molar-refractivity contribution is 9.10. The van der Waals surface area contributed by atoms with Crippen LogP contribution in [-0.4, -0.2) is 53.7 Å². The number of ether oxygens (including phenoxy) is 1. The highest BCUT2D eigenvalue weighted by atomic mass is 79.9. The number of pyridine rings is 1. The van der Waals surface area contributed by atoms with Crippen LogP contribution in [0.5, 0.6) is 0 Å². The van der Waals surface area contributed by atoms with Gasteiger partial charge in [-0.1, -0.05) is 15.9 Å². The minimum absolute atomic E-state index is 0.153. The van der Waals surface area contributed by atoms with Crippen molar-refractivity contribution < 1.29 is 14.3 Å². The molecule has 0 atom stereocenters. The van der Waals surface area contributed by atoms with Gasteiger partial charge in [0.05, 0.1) is 0 Å². The van der Waals surface area contributed by atoms with E-state index in [0.29, 0.717) is 24.2 Å². The number of carbonyl (C=O) groups is 2. The summed E-state index contributed by atoms with van der Waals surface area (Å²) in [5.74, 6) is -0.234. The summed E-state index contributed by atoms with van der Waals surface area (Å²) in [6.07, 6.45) is 1.33. The van der Waals surface area contributed by atoms with E-state index in [-0.39, 0.29) is 30.1 Å². The number of amides is 2. The Kier molecular flexibility index (Phi) is 8.54. The van der Waals surface area contributed by atoms with E-state index in [0.717, 1.165) is 39.8 Å². The molecule has 8 nitrogen and oxygen atoms in total. The average Bonchev–Trinajstić information content (AvgIpc) is 2.78. The molecule has 2 aromatic rings. The van der Waals surface area contributed by atoms with Gasteiger partial charge in [0.1, 0.15) is 5.60 Å². The minimum atomic E-state index is -0.513. The van der Waals surface area contributed by atoms with Crippen LogP contribution in [0.3, 0.4) is 0 Å². The Morgan fingerprint density at radius 3 is 2.39 bits per heavy atom. The van der Waals surface area contributed by atoms with E-state index in [9.17, 15) is 14.4 Å². The first kappa shape index (κ1) is 27.8. The quantitative estimate of drug-likeness (QED) is 0.546. The van der Waals surface area contributed by atoms with Gasteiger partial charge >= 0.3 is 6.09 Å². The first-order valence-corrected chi connectivity index (χ1v) is 13.0. The fraction of sp³-hybridized carbons (Fsp3) is 0.519. The number of nitrogens with zero attached hydrogens (tertiary/aromatic N) is 2. The van der Waals surface area contributed by atoms with Crippen LogP contribution in [0.1, 0.15) is 66.4 Å². The van der Waals surface area contributed by atoms with E-state index in [1.807, 2.05) is 60.7 Å². The van der Waals surface area contributed by atoms with Crippen molar-refractivity contribution in [1.82, 2.24) is 15.2 Å². The number of benzene rings is 1. The Balaban J connectivity index is 1.71. The van der Waals surface area contributed by atoms with Gasteiger partial charge in [-0.25, -0.2) is 4.79 Å². The average molecular weight is 562 g/mol. The van der Waals surface area contributed by atoms with Gasteiger partial charge in [0.15, 0.2) is 0 Å². The van der Waals surface area contributed by atoms with Crippen LogP contribution in [0.15, 0.2) is 27.5 Å². The molecule has 0 saturated carbocycles. The number of hydrogen-bond donors (Lipinski definition) is 2. The molecule has 2 N–H and O–H groups in total. The largest absolute Gasteiger partial charge is 0.444 e. The van der Waals surface area contributed by atoms with Crippen LogP contribution in [0, 0.1) is 20.8 Å². The number of halogens is 1. The molecule has 3 rings (SSSR count). The summed E-state index contributed by atoms with van der Waals surface area (Å²) in [5.41, 5.74) is 3.87. The van der Waals surface area contributed by atoms with Crippen LogP contribution in [0.4, 0.5) is 10.5 Å². The predicted molar refractivity (Wildman–Crippen MR) is 146 cm³/mol. The summed E-state index contributed by atoms with van der Waals surface area (Å²) in [4.78, 5) is 44.6. The third kappa shape index (κ3) is 6.69. The number of aryl methyl sites for hydroxylation is 2. The minimum Gasteiger partial charge on any atom is -0.444 e. The first-order valence-electron chi connectivity index (χ1n) is 12.3. The van der Waals surface area contributed by atoms with Crippen molar-refractivity contribution in [2.24, 2.45) is 0 Å². The molecule has 0 spiro atoms. The van der Waals surface area contributed by atoms with Gasteiger partial charge in [-0.05, 0) is 83.7 Å². The van der Waals surface area contributed by atoms with Crippen molar-refractivity contribution in [3.8, 4) is 0 Å². The zero-order valence-electron chi connectivity index (χ0n) is 22.3. The molecule has 0 aliphatic carbocycles. The van der Waals surface area contributed by atoms with E-state index in [1.54, 1.807) is 11.0 Å². The van der Waals surface area contributed by atoms with Crippen molar-refractivity contribution in [3.63, 3.8) is 0 Å². The van der Waals surface area contributed by atoms with Crippen LogP contribution < -0.4 is 15.8 Å². The number of H-pyrrole nitrogens is 1. The molecule has 1 fully saturated rings. The summed E-state index contributed by atoms with van der Waals surface area (Å²) >= 11 is 3.56. The number of likely N-dealkylation sites (tertiary alicyclic amines) is 1. The van der Waals surface area contributed by atoms with Gasteiger partial charge in [0, 0.05) is 59.7 Å². The van der Waals surface area contributed by atoms with Crippen molar-refractivity contribution in [1.29, 1.82) is 0 Å². The summed E-state index contributed by atoms with van der Waals surface area (Å²) < 4.78 is 6.31. The van der Waals surface area contributed by atoms with Crippen molar-refractivity contribution in [2.75, 3.05) is 25.0 Å².